The molecule has 0 bridgehead atoms. The summed E-state index contributed by atoms with van der Waals surface area (Å²) in [6.45, 7) is 0. The summed E-state index contributed by atoms with van der Waals surface area (Å²) in [6.07, 6.45) is 4.32. The molecule has 0 aromatic carbocycles. The third-order valence-corrected chi connectivity index (χ3v) is 2.54. The van der Waals surface area contributed by atoms with E-state index in [0.29, 0.717) is 6.42 Å². The smallest absolute Gasteiger partial charge is 0.164 e. The fraction of sp³-hybridized carbons (Fsp3) is 0.333. The molecule has 2 rings (SSSR count). The van der Waals surface area contributed by atoms with Crippen molar-refractivity contribution in [2.24, 2.45) is 0 Å². The van der Waals surface area contributed by atoms with Gasteiger partial charge < -0.3 is 0 Å². The second-order valence-electron chi connectivity index (χ2n) is 2.94. The molecule has 1 aromatic rings. The van der Waals surface area contributed by atoms with Crippen molar-refractivity contribution in [3.63, 3.8) is 0 Å². The highest BCUT2D eigenvalue weighted by molar-refractivity contribution is 9.10. The maximum absolute atomic E-state index is 11.3. The van der Waals surface area contributed by atoms with E-state index >= 15 is 0 Å². The molecule has 0 N–H and O–H groups in total. The number of ketones is 1. The monoisotopic (exact) mass is 225 g/mol. The van der Waals surface area contributed by atoms with Gasteiger partial charge in [0.25, 0.3) is 0 Å². The van der Waals surface area contributed by atoms with Gasteiger partial charge in [0.2, 0.25) is 0 Å². The van der Waals surface area contributed by atoms with Crippen molar-refractivity contribution in [3.05, 3.63) is 28.0 Å². The lowest BCUT2D eigenvalue weighted by molar-refractivity contribution is 0.0972. The molecule has 1 aliphatic carbocycles. The van der Waals surface area contributed by atoms with Gasteiger partial charge in [0.1, 0.15) is 4.60 Å². The first-order chi connectivity index (χ1) is 5.77. The Hall–Kier alpha value is -0.700. The molecule has 0 atom stereocenters. The zero-order valence-corrected chi connectivity index (χ0v) is 8.10. The lowest BCUT2D eigenvalue weighted by Gasteiger charge is -2.13. The lowest BCUT2D eigenvalue weighted by atomic mass is 9.93. The van der Waals surface area contributed by atoms with Crippen LogP contribution in [0.5, 0.6) is 0 Å². The Morgan fingerprint density at radius 3 is 3.08 bits per heavy atom. The van der Waals surface area contributed by atoms with Gasteiger partial charge in [0, 0.05) is 18.2 Å². The van der Waals surface area contributed by atoms with E-state index in [1.807, 2.05) is 6.07 Å². The Bertz CT molecular complexity index is 335. The van der Waals surface area contributed by atoms with Gasteiger partial charge >= 0.3 is 0 Å². The molecule has 0 fully saturated rings. The number of carbonyl (C=O) groups is 1. The van der Waals surface area contributed by atoms with Crippen molar-refractivity contribution in [1.29, 1.82) is 0 Å². The van der Waals surface area contributed by atoms with Gasteiger partial charge in [0.15, 0.2) is 5.78 Å². The SMILES string of the molecule is O=C1CCCc2cc(Br)ncc21. The zero-order chi connectivity index (χ0) is 8.55. The van der Waals surface area contributed by atoms with Crippen LogP contribution in [0.2, 0.25) is 0 Å². The Balaban J connectivity index is 2.53. The van der Waals surface area contributed by atoms with Crippen LogP contribution >= 0.6 is 15.9 Å². The number of rotatable bonds is 0. The van der Waals surface area contributed by atoms with Crippen LogP contribution in [-0.4, -0.2) is 10.8 Å². The molecule has 0 amide bonds. The molecule has 62 valence electrons. The third kappa shape index (κ3) is 1.29. The summed E-state index contributed by atoms with van der Waals surface area (Å²) in [7, 11) is 0. The molecule has 0 saturated carbocycles. The number of nitrogens with zero attached hydrogens (tertiary/aromatic N) is 1. The number of hydrogen-bond acceptors (Lipinski definition) is 2. The molecular weight excluding hydrogens is 218 g/mol. The van der Waals surface area contributed by atoms with Crippen molar-refractivity contribution < 1.29 is 4.79 Å². The van der Waals surface area contributed by atoms with E-state index < -0.39 is 0 Å². The Kier molecular flexibility index (Phi) is 1.97. The van der Waals surface area contributed by atoms with Gasteiger partial charge in [0.05, 0.1) is 0 Å². The van der Waals surface area contributed by atoms with E-state index in [1.54, 1.807) is 6.20 Å². The van der Waals surface area contributed by atoms with Crippen molar-refractivity contribution in [3.8, 4) is 0 Å². The molecule has 1 aliphatic rings. The number of halogens is 1. The molecule has 0 spiro atoms. The predicted molar refractivity (Wildman–Crippen MR) is 49.2 cm³/mol. The van der Waals surface area contributed by atoms with E-state index in [2.05, 4.69) is 20.9 Å². The number of fused-ring (bicyclic) bond motifs is 1. The molecule has 2 nitrogen and oxygen atoms in total. The number of hydrogen-bond donors (Lipinski definition) is 0. The van der Waals surface area contributed by atoms with E-state index in [0.717, 1.165) is 28.6 Å². The fourth-order valence-electron chi connectivity index (χ4n) is 1.50. The summed E-state index contributed by atoms with van der Waals surface area (Å²) in [4.78, 5) is 15.4. The normalized spacial score (nSPS) is 15.9. The lowest BCUT2D eigenvalue weighted by Crippen LogP contribution is -2.10. The van der Waals surface area contributed by atoms with Crippen LogP contribution in [-0.2, 0) is 6.42 Å². The average Bonchev–Trinajstić information content (AvgIpc) is 2.04. The van der Waals surface area contributed by atoms with Crippen molar-refractivity contribution in [2.75, 3.05) is 0 Å². The van der Waals surface area contributed by atoms with Gasteiger partial charge in [-0.1, -0.05) is 0 Å². The standard InChI is InChI=1S/C9H8BrNO/c10-9-4-6-2-1-3-8(12)7(6)5-11-9/h4-5H,1-3H2. The topological polar surface area (TPSA) is 30.0 Å². The highest BCUT2D eigenvalue weighted by Crippen LogP contribution is 2.22. The Morgan fingerprint density at radius 2 is 2.25 bits per heavy atom. The van der Waals surface area contributed by atoms with Crippen LogP contribution in [0.1, 0.15) is 28.8 Å². The predicted octanol–water partition coefficient (Wildman–Crippen LogP) is 2.36. The number of aromatic nitrogens is 1. The highest BCUT2D eigenvalue weighted by Gasteiger charge is 2.16. The first-order valence-corrected chi connectivity index (χ1v) is 4.74. The molecule has 0 radical (unpaired) electrons. The largest absolute Gasteiger partial charge is 0.294 e. The number of Topliss-reactive ketones (excluding diaryl/α,β-unsaturated/α-hetero) is 1. The fourth-order valence-corrected chi connectivity index (χ4v) is 1.88. The molecule has 12 heavy (non-hydrogen) atoms. The first-order valence-electron chi connectivity index (χ1n) is 3.95. The van der Waals surface area contributed by atoms with E-state index in [9.17, 15) is 4.79 Å². The zero-order valence-electron chi connectivity index (χ0n) is 6.51. The van der Waals surface area contributed by atoms with Crippen molar-refractivity contribution in [2.45, 2.75) is 19.3 Å². The third-order valence-electron chi connectivity index (χ3n) is 2.11. The molecule has 1 heterocycles. The first kappa shape index (κ1) is 7.92. The summed E-state index contributed by atoms with van der Waals surface area (Å²) in [5, 5.41) is 0. The highest BCUT2D eigenvalue weighted by atomic mass is 79.9. The van der Waals surface area contributed by atoms with Crippen molar-refractivity contribution in [1.82, 2.24) is 4.98 Å². The van der Waals surface area contributed by atoms with Crippen molar-refractivity contribution >= 4 is 21.7 Å². The second-order valence-corrected chi connectivity index (χ2v) is 3.75. The summed E-state index contributed by atoms with van der Waals surface area (Å²) in [5.74, 6) is 0.233. The van der Waals surface area contributed by atoms with Gasteiger partial charge in [-0.25, -0.2) is 4.98 Å². The average molecular weight is 226 g/mol. The molecule has 0 aliphatic heterocycles. The quantitative estimate of drug-likeness (QED) is 0.635. The maximum Gasteiger partial charge on any atom is 0.164 e. The minimum Gasteiger partial charge on any atom is -0.294 e. The van der Waals surface area contributed by atoms with Gasteiger partial charge in [-0.3, -0.25) is 4.79 Å². The number of carbonyl (C=O) groups excluding carboxylic acids is 1. The Morgan fingerprint density at radius 1 is 1.42 bits per heavy atom. The van der Waals surface area contributed by atoms with Gasteiger partial charge in [-0.15, -0.1) is 0 Å². The van der Waals surface area contributed by atoms with Crippen LogP contribution < -0.4 is 0 Å². The maximum atomic E-state index is 11.3. The van der Waals surface area contributed by atoms with Crippen LogP contribution in [0.25, 0.3) is 0 Å². The number of pyridine rings is 1. The molecule has 0 saturated heterocycles. The molecular formula is C9H8BrNO. The van der Waals surface area contributed by atoms with Crippen LogP contribution in [0.3, 0.4) is 0 Å². The van der Waals surface area contributed by atoms with Crippen LogP contribution in [0.15, 0.2) is 16.9 Å². The van der Waals surface area contributed by atoms with Crippen LogP contribution in [0, 0.1) is 0 Å². The number of aryl methyl sites for hydroxylation is 1. The molecule has 3 heteroatoms. The minimum atomic E-state index is 0.233. The summed E-state index contributed by atoms with van der Waals surface area (Å²) < 4.78 is 0.816. The Labute approximate surface area is 79.1 Å². The molecule has 1 aromatic heterocycles. The summed E-state index contributed by atoms with van der Waals surface area (Å²) in [5.41, 5.74) is 1.94. The van der Waals surface area contributed by atoms with Crippen LogP contribution in [0.4, 0.5) is 0 Å². The van der Waals surface area contributed by atoms with E-state index in [-0.39, 0.29) is 5.78 Å². The second kappa shape index (κ2) is 2.98. The summed E-state index contributed by atoms with van der Waals surface area (Å²) in [6, 6.07) is 1.94. The minimum absolute atomic E-state index is 0.233. The van der Waals surface area contributed by atoms with E-state index in [4.69, 9.17) is 0 Å². The van der Waals surface area contributed by atoms with Gasteiger partial charge in [-0.05, 0) is 40.4 Å². The summed E-state index contributed by atoms with van der Waals surface area (Å²) >= 11 is 3.29. The van der Waals surface area contributed by atoms with Gasteiger partial charge in [-0.2, -0.15) is 0 Å². The van der Waals surface area contributed by atoms with E-state index in [1.165, 1.54) is 0 Å². The molecule has 0 unspecified atom stereocenters.